The predicted molar refractivity (Wildman–Crippen MR) is 82.6 cm³/mol. The van der Waals surface area contributed by atoms with Crippen LogP contribution in [0.4, 0.5) is 4.79 Å². The molecule has 120 valence electrons. The lowest BCUT2D eigenvalue weighted by Gasteiger charge is -2.16. The Balaban J connectivity index is 2.09. The number of methoxy groups -OCH3 is 1. The number of carbonyl (C=O) groups is 2. The fourth-order valence-corrected chi connectivity index (χ4v) is 1.95. The van der Waals surface area contributed by atoms with Gasteiger partial charge in [-0.15, -0.1) is 0 Å². The summed E-state index contributed by atoms with van der Waals surface area (Å²) >= 11 is 0. The highest BCUT2D eigenvalue weighted by molar-refractivity contribution is 5.79. The van der Waals surface area contributed by atoms with Crippen molar-refractivity contribution in [1.82, 2.24) is 0 Å². The third kappa shape index (κ3) is 4.74. The van der Waals surface area contributed by atoms with Gasteiger partial charge in [-0.25, -0.2) is 9.59 Å². The number of benzene rings is 2. The minimum absolute atomic E-state index is 0.0778. The molecule has 0 aliphatic carbocycles. The van der Waals surface area contributed by atoms with E-state index < -0.39 is 18.2 Å². The lowest BCUT2D eigenvalue weighted by molar-refractivity contribution is -0.155. The summed E-state index contributed by atoms with van der Waals surface area (Å²) in [4.78, 5) is 23.3. The highest BCUT2D eigenvalue weighted by atomic mass is 16.6. The Hall–Kier alpha value is -3.02. The van der Waals surface area contributed by atoms with Crippen LogP contribution in [-0.2, 0) is 20.9 Å². The zero-order valence-electron chi connectivity index (χ0n) is 12.6. The molecular weight excluding hydrogens is 298 g/mol. The molecule has 0 aliphatic rings. The molecule has 0 fully saturated rings. The van der Waals surface area contributed by atoms with Crippen LogP contribution in [0.5, 0.6) is 5.75 Å². The lowest BCUT2D eigenvalue weighted by Crippen LogP contribution is -2.25. The molecule has 2 aromatic rings. The number of hydrogen-bond donors (Lipinski definition) is 1. The number of nitrogens with two attached hydrogens (primary N) is 1. The van der Waals surface area contributed by atoms with E-state index in [-0.39, 0.29) is 6.61 Å². The molecule has 2 rings (SSSR count). The maximum absolute atomic E-state index is 12.2. The van der Waals surface area contributed by atoms with Gasteiger partial charge in [0.25, 0.3) is 0 Å². The van der Waals surface area contributed by atoms with Gasteiger partial charge in [0.2, 0.25) is 6.10 Å². The largest absolute Gasteiger partial charge is 0.497 e. The number of ether oxygens (including phenoxy) is 3. The van der Waals surface area contributed by atoms with Crippen LogP contribution < -0.4 is 10.5 Å². The van der Waals surface area contributed by atoms with Crippen molar-refractivity contribution in [2.45, 2.75) is 12.7 Å². The topological polar surface area (TPSA) is 87.9 Å². The van der Waals surface area contributed by atoms with Crippen molar-refractivity contribution in [3.05, 3.63) is 65.7 Å². The number of hydrogen-bond acceptors (Lipinski definition) is 5. The SMILES string of the molecule is COc1ccc(C(OC(N)=O)C(=O)OCc2ccccc2)cc1. The Labute approximate surface area is 133 Å². The van der Waals surface area contributed by atoms with E-state index in [2.05, 4.69) is 0 Å². The summed E-state index contributed by atoms with van der Waals surface area (Å²) in [5.74, 6) is -0.0814. The Morgan fingerprint density at radius 1 is 1.04 bits per heavy atom. The molecule has 1 unspecified atom stereocenters. The van der Waals surface area contributed by atoms with E-state index >= 15 is 0 Å². The van der Waals surface area contributed by atoms with E-state index in [0.29, 0.717) is 11.3 Å². The quantitative estimate of drug-likeness (QED) is 0.828. The summed E-state index contributed by atoms with van der Waals surface area (Å²) in [6, 6.07) is 15.7. The van der Waals surface area contributed by atoms with Crippen LogP contribution in [0.15, 0.2) is 54.6 Å². The maximum Gasteiger partial charge on any atom is 0.405 e. The van der Waals surface area contributed by atoms with Crippen molar-refractivity contribution >= 4 is 12.1 Å². The first-order valence-electron chi connectivity index (χ1n) is 6.90. The number of primary amides is 1. The van der Waals surface area contributed by atoms with Gasteiger partial charge in [0.15, 0.2) is 0 Å². The van der Waals surface area contributed by atoms with Crippen LogP contribution in [0.2, 0.25) is 0 Å². The van der Waals surface area contributed by atoms with Crippen LogP contribution in [0.1, 0.15) is 17.2 Å². The first kappa shape index (κ1) is 16.4. The first-order valence-corrected chi connectivity index (χ1v) is 6.90. The second kappa shape index (κ2) is 7.84. The number of rotatable bonds is 6. The van der Waals surface area contributed by atoms with Gasteiger partial charge in [0.1, 0.15) is 12.4 Å². The minimum Gasteiger partial charge on any atom is -0.497 e. The summed E-state index contributed by atoms with van der Waals surface area (Å²) in [6.45, 7) is 0.0778. The summed E-state index contributed by atoms with van der Waals surface area (Å²) in [6.07, 6.45) is -2.27. The maximum atomic E-state index is 12.2. The average molecular weight is 315 g/mol. The first-order chi connectivity index (χ1) is 11.1. The zero-order valence-corrected chi connectivity index (χ0v) is 12.6. The molecule has 0 saturated carbocycles. The van der Waals surface area contributed by atoms with Crippen molar-refractivity contribution in [2.75, 3.05) is 7.11 Å². The summed E-state index contributed by atoms with van der Waals surface area (Å²) in [7, 11) is 1.53. The van der Waals surface area contributed by atoms with Gasteiger partial charge in [-0.2, -0.15) is 0 Å². The number of esters is 1. The molecule has 0 aromatic heterocycles. The molecular formula is C17H17NO5. The molecule has 0 bridgehead atoms. The second-order valence-electron chi connectivity index (χ2n) is 4.68. The second-order valence-corrected chi connectivity index (χ2v) is 4.68. The average Bonchev–Trinajstić information content (AvgIpc) is 2.58. The van der Waals surface area contributed by atoms with E-state index in [1.54, 1.807) is 24.3 Å². The predicted octanol–water partition coefficient (Wildman–Crippen LogP) is 2.58. The highest BCUT2D eigenvalue weighted by Gasteiger charge is 2.26. The third-order valence-corrected chi connectivity index (χ3v) is 3.09. The van der Waals surface area contributed by atoms with Crippen LogP contribution in [0.3, 0.4) is 0 Å². The molecule has 2 aromatic carbocycles. The van der Waals surface area contributed by atoms with Crippen LogP contribution in [0, 0.1) is 0 Å². The Bertz CT molecular complexity index is 654. The molecule has 23 heavy (non-hydrogen) atoms. The van der Waals surface area contributed by atoms with Crippen molar-refractivity contribution < 1.29 is 23.8 Å². The van der Waals surface area contributed by atoms with E-state index in [1.807, 2.05) is 30.3 Å². The Morgan fingerprint density at radius 2 is 1.70 bits per heavy atom. The van der Waals surface area contributed by atoms with Crippen molar-refractivity contribution in [2.24, 2.45) is 5.73 Å². The van der Waals surface area contributed by atoms with E-state index in [9.17, 15) is 9.59 Å². The Morgan fingerprint density at radius 3 is 2.26 bits per heavy atom. The molecule has 0 aliphatic heterocycles. The molecule has 0 radical (unpaired) electrons. The monoisotopic (exact) mass is 315 g/mol. The minimum atomic E-state index is -1.22. The number of carbonyl (C=O) groups excluding carboxylic acids is 2. The van der Waals surface area contributed by atoms with Crippen molar-refractivity contribution in [1.29, 1.82) is 0 Å². The van der Waals surface area contributed by atoms with Gasteiger partial charge in [-0.3, -0.25) is 0 Å². The van der Waals surface area contributed by atoms with Crippen LogP contribution >= 0.6 is 0 Å². The van der Waals surface area contributed by atoms with Gasteiger partial charge in [-0.1, -0.05) is 42.5 Å². The highest BCUT2D eigenvalue weighted by Crippen LogP contribution is 2.22. The molecule has 0 saturated heterocycles. The molecule has 2 N–H and O–H groups in total. The normalized spacial score (nSPS) is 11.3. The van der Waals surface area contributed by atoms with E-state index in [1.165, 1.54) is 7.11 Å². The summed E-state index contributed by atoms with van der Waals surface area (Å²) in [5, 5.41) is 0. The standard InChI is InChI=1S/C17H17NO5/c1-21-14-9-7-13(8-10-14)15(23-17(18)20)16(19)22-11-12-5-3-2-4-6-12/h2-10,15H,11H2,1H3,(H2,18,20). The summed E-state index contributed by atoms with van der Waals surface area (Å²) in [5.41, 5.74) is 6.31. The smallest absolute Gasteiger partial charge is 0.405 e. The summed E-state index contributed by atoms with van der Waals surface area (Å²) < 4.78 is 15.1. The van der Waals surface area contributed by atoms with Crippen LogP contribution in [0.25, 0.3) is 0 Å². The molecule has 1 amide bonds. The number of amides is 1. The van der Waals surface area contributed by atoms with Crippen LogP contribution in [-0.4, -0.2) is 19.2 Å². The van der Waals surface area contributed by atoms with Crippen molar-refractivity contribution in [3.8, 4) is 5.75 Å². The van der Waals surface area contributed by atoms with Gasteiger partial charge >= 0.3 is 12.1 Å². The molecule has 6 heteroatoms. The van der Waals surface area contributed by atoms with Gasteiger partial charge in [0.05, 0.1) is 7.11 Å². The van der Waals surface area contributed by atoms with Gasteiger partial charge < -0.3 is 19.9 Å². The van der Waals surface area contributed by atoms with Gasteiger partial charge in [0, 0.05) is 5.56 Å². The fraction of sp³-hybridized carbons (Fsp3) is 0.176. The Kier molecular flexibility index (Phi) is 5.57. The van der Waals surface area contributed by atoms with Crippen molar-refractivity contribution in [3.63, 3.8) is 0 Å². The molecule has 0 heterocycles. The molecule has 1 atom stereocenters. The lowest BCUT2D eigenvalue weighted by atomic mass is 10.1. The fourth-order valence-electron chi connectivity index (χ4n) is 1.95. The molecule has 0 spiro atoms. The third-order valence-electron chi connectivity index (χ3n) is 3.09. The zero-order chi connectivity index (χ0) is 16.7. The van der Waals surface area contributed by atoms with Gasteiger partial charge in [-0.05, 0) is 17.7 Å². The molecule has 6 nitrogen and oxygen atoms in total. The van der Waals surface area contributed by atoms with E-state index in [0.717, 1.165) is 5.56 Å². The van der Waals surface area contributed by atoms with E-state index in [4.69, 9.17) is 19.9 Å².